The number of hydrogen-bond donors (Lipinski definition) is 0. The van der Waals surface area contributed by atoms with E-state index in [2.05, 4.69) is 15.9 Å². The number of nitriles is 1. The summed E-state index contributed by atoms with van der Waals surface area (Å²) in [7, 11) is 0.871. The molecule has 0 heterocycles. The molecule has 0 bridgehead atoms. The van der Waals surface area contributed by atoms with E-state index in [-0.39, 0.29) is 10.0 Å². The minimum absolute atomic E-state index is 0.0709. The van der Waals surface area contributed by atoms with Gasteiger partial charge in [0.2, 0.25) is 0 Å². The van der Waals surface area contributed by atoms with Crippen LogP contribution in [0.25, 0.3) is 0 Å². The van der Waals surface area contributed by atoms with Gasteiger partial charge in [0.05, 0.1) is 10.5 Å². The fourth-order valence-corrected chi connectivity index (χ4v) is 3.40. The van der Waals surface area contributed by atoms with Gasteiger partial charge in [-0.25, -0.2) is 8.42 Å². The number of thioether (sulfide) groups is 1. The minimum Gasteiger partial charge on any atom is -0.207 e. The Kier molecular flexibility index (Phi) is 4.59. The third-order valence-corrected chi connectivity index (χ3v) is 4.38. The second-order valence-electron chi connectivity index (χ2n) is 2.88. The van der Waals surface area contributed by atoms with Gasteiger partial charge in [-0.05, 0) is 39.8 Å². The maximum absolute atomic E-state index is 12.3. The van der Waals surface area contributed by atoms with Crippen LogP contribution in [-0.4, -0.2) is 13.9 Å². The number of alkyl halides is 3. The van der Waals surface area contributed by atoms with Crippen LogP contribution in [0.5, 0.6) is 0 Å². The molecule has 0 saturated heterocycles. The van der Waals surface area contributed by atoms with Crippen LogP contribution in [0, 0.1) is 11.3 Å². The summed E-state index contributed by atoms with van der Waals surface area (Å²) in [5.41, 5.74) is -4.94. The fourth-order valence-electron chi connectivity index (χ4n) is 1.01. The first kappa shape index (κ1) is 15.6. The predicted molar refractivity (Wildman–Crippen MR) is 63.8 cm³/mol. The van der Waals surface area contributed by atoms with E-state index in [1.54, 1.807) is 6.07 Å². The van der Waals surface area contributed by atoms with Gasteiger partial charge in [0, 0.05) is 20.1 Å². The molecule has 0 aromatic heterocycles. The molecule has 1 rings (SSSR count). The molecule has 1 aromatic carbocycles. The van der Waals surface area contributed by atoms with Gasteiger partial charge in [-0.2, -0.15) is 18.4 Å². The van der Waals surface area contributed by atoms with Crippen molar-refractivity contribution in [3.63, 3.8) is 0 Å². The summed E-state index contributed by atoms with van der Waals surface area (Å²) in [6.45, 7) is 0. The lowest BCUT2D eigenvalue weighted by atomic mass is 10.2. The summed E-state index contributed by atoms with van der Waals surface area (Å²) < 4.78 is 58.9. The second-order valence-corrected chi connectivity index (χ2v) is 7.40. The lowest BCUT2D eigenvalue weighted by Gasteiger charge is -2.09. The molecule has 0 amide bonds. The Labute approximate surface area is 117 Å². The summed E-state index contributed by atoms with van der Waals surface area (Å²) in [6, 6.07) is 3.25. The molecule has 0 spiro atoms. The molecule has 0 aliphatic rings. The fraction of sp³-hybridized carbons (Fsp3) is 0.125. The van der Waals surface area contributed by atoms with Gasteiger partial charge >= 0.3 is 5.51 Å². The zero-order valence-electron chi connectivity index (χ0n) is 8.12. The van der Waals surface area contributed by atoms with E-state index in [4.69, 9.17) is 15.9 Å². The van der Waals surface area contributed by atoms with Gasteiger partial charge in [0.25, 0.3) is 9.05 Å². The van der Waals surface area contributed by atoms with E-state index in [1.807, 2.05) is 0 Å². The third-order valence-electron chi connectivity index (χ3n) is 1.65. The van der Waals surface area contributed by atoms with E-state index < -0.39 is 36.1 Å². The minimum atomic E-state index is -4.64. The molecular formula is C8H2BrClF3NO2S2. The van der Waals surface area contributed by atoms with Gasteiger partial charge in [0.1, 0.15) is 6.07 Å². The topological polar surface area (TPSA) is 57.9 Å². The average molecular weight is 381 g/mol. The number of hydrogen-bond acceptors (Lipinski definition) is 4. The van der Waals surface area contributed by atoms with Gasteiger partial charge in [-0.3, -0.25) is 0 Å². The Balaban J connectivity index is 3.48. The zero-order valence-corrected chi connectivity index (χ0v) is 12.1. The Hall–Kier alpha value is -0.430. The smallest absolute Gasteiger partial charge is 0.207 e. The third kappa shape index (κ3) is 4.05. The molecule has 98 valence electrons. The van der Waals surface area contributed by atoms with Gasteiger partial charge < -0.3 is 0 Å². The maximum atomic E-state index is 12.3. The molecule has 0 N–H and O–H groups in total. The first-order chi connectivity index (χ1) is 8.04. The van der Waals surface area contributed by atoms with Crippen LogP contribution in [0.2, 0.25) is 0 Å². The SMILES string of the molecule is N#Cc1c(Br)cc(S(=O)(=O)Cl)cc1SC(F)(F)F. The van der Waals surface area contributed by atoms with Crippen LogP contribution in [0.4, 0.5) is 13.2 Å². The molecule has 10 heteroatoms. The molecule has 0 unspecified atom stereocenters. The molecule has 0 aliphatic heterocycles. The molecule has 0 fully saturated rings. The Morgan fingerprint density at radius 1 is 1.39 bits per heavy atom. The summed E-state index contributed by atoms with van der Waals surface area (Å²) in [6.07, 6.45) is 0. The first-order valence-corrected chi connectivity index (χ1v) is 7.90. The van der Waals surface area contributed by atoms with Crippen LogP contribution in [-0.2, 0) is 9.05 Å². The van der Waals surface area contributed by atoms with Crippen LogP contribution >= 0.6 is 38.4 Å². The monoisotopic (exact) mass is 379 g/mol. The predicted octanol–water partition coefficient (Wildman–Crippen LogP) is 3.86. The van der Waals surface area contributed by atoms with E-state index in [0.717, 1.165) is 6.07 Å². The Bertz CT molecular complexity index is 624. The largest absolute Gasteiger partial charge is 0.446 e. The number of halogens is 5. The Morgan fingerprint density at radius 3 is 2.33 bits per heavy atom. The average Bonchev–Trinajstić information content (AvgIpc) is 2.13. The first-order valence-electron chi connectivity index (χ1n) is 3.98. The van der Waals surface area contributed by atoms with Crippen LogP contribution < -0.4 is 0 Å². The van der Waals surface area contributed by atoms with Crippen molar-refractivity contribution < 1.29 is 21.6 Å². The van der Waals surface area contributed by atoms with Crippen molar-refractivity contribution in [2.45, 2.75) is 15.3 Å². The van der Waals surface area contributed by atoms with E-state index >= 15 is 0 Å². The second kappa shape index (κ2) is 5.28. The molecule has 0 aliphatic carbocycles. The van der Waals surface area contributed by atoms with Crippen molar-refractivity contribution in [1.82, 2.24) is 0 Å². The molecule has 1 aromatic rings. The van der Waals surface area contributed by atoms with Crippen molar-refractivity contribution in [2.75, 3.05) is 0 Å². The Morgan fingerprint density at radius 2 is 1.94 bits per heavy atom. The number of rotatable bonds is 2. The summed E-state index contributed by atoms with van der Waals surface area (Å²) in [4.78, 5) is -1.04. The highest BCUT2D eigenvalue weighted by Crippen LogP contribution is 2.41. The molecule has 18 heavy (non-hydrogen) atoms. The maximum Gasteiger partial charge on any atom is 0.446 e. The highest BCUT2D eigenvalue weighted by Gasteiger charge is 2.32. The van der Waals surface area contributed by atoms with E-state index in [1.165, 1.54) is 0 Å². The van der Waals surface area contributed by atoms with Crippen molar-refractivity contribution >= 4 is 47.4 Å². The van der Waals surface area contributed by atoms with Crippen molar-refractivity contribution in [1.29, 1.82) is 5.26 Å². The standard InChI is InChI=1S/C8H2BrClF3NO2S2/c9-6-1-4(18(10,15)16)2-7(5(6)3-14)17-8(11,12)13/h1-2H. The molecule has 0 saturated carbocycles. The van der Waals surface area contributed by atoms with E-state index in [9.17, 15) is 21.6 Å². The normalized spacial score (nSPS) is 12.2. The molecule has 3 nitrogen and oxygen atoms in total. The van der Waals surface area contributed by atoms with Crippen LogP contribution in [0.1, 0.15) is 5.56 Å². The van der Waals surface area contributed by atoms with Gasteiger partial charge in [0.15, 0.2) is 0 Å². The quantitative estimate of drug-likeness (QED) is 0.577. The van der Waals surface area contributed by atoms with E-state index in [0.29, 0.717) is 6.07 Å². The summed E-state index contributed by atoms with van der Waals surface area (Å²) >= 11 is 2.25. The lowest BCUT2D eigenvalue weighted by molar-refractivity contribution is -0.0328. The van der Waals surface area contributed by atoms with Gasteiger partial charge in [-0.1, -0.05) is 0 Å². The molecule has 0 radical (unpaired) electrons. The summed E-state index contributed by atoms with van der Waals surface area (Å²) in [5.74, 6) is 0. The van der Waals surface area contributed by atoms with Crippen molar-refractivity contribution in [3.8, 4) is 6.07 Å². The highest BCUT2D eigenvalue weighted by atomic mass is 79.9. The van der Waals surface area contributed by atoms with Gasteiger partial charge in [-0.15, -0.1) is 0 Å². The lowest BCUT2D eigenvalue weighted by Crippen LogP contribution is -2.02. The zero-order chi connectivity index (χ0) is 14.1. The van der Waals surface area contributed by atoms with Crippen LogP contribution in [0.15, 0.2) is 26.4 Å². The van der Waals surface area contributed by atoms with Crippen molar-refractivity contribution in [3.05, 3.63) is 22.2 Å². The molecule has 0 atom stereocenters. The summed E-state index contributed by atoms with van der Waals surface area (Å²) in [5, 5.41) is 8.75. The van der Waals surface area contributed by atoms with Crippen LogP contribution in [0.3, 0.4) is 0 Å². The number of benzene rings is 1. The number of nitrogens with zero attached hydrogens (tertiary/aromatic N) is 1. The van der Waals surface area contributed by atoms with Crippen molar-refractivity contribution in [2.24, 2.45) is 0 Å². The highest BCUT2D eigenvalue weighted by molar-refractivity contribution is 9.10. The molecular weight excluding hydrogens is 379 g/mol.